The highest BCUT2D eigenvalue weighted by molar-refractivity contribution is 7.94. The number of carboxylic acid groups (broad SMARTS) is 1. The van der Waals surface area contributed by atoms with E-state index in [9.17, 15) is 19.2 Å². The molecule has 0 aromatic heterocycles. The highest BCUT2D eigenvalue weighted by atomic mass is 32.1. The lowest BCUT2D eigenvalue weighted by Crippen LogP contribution is -2.44. The molecule has 13 nitrogen and oxygen atoms in total. The van der Waals surface area contributed by atoms with Crippen LogP contribution in [0.3, 0.4) is 0 Å². The summed E-state index contributed by atoms with van der Waals surface area (Å²) < 4.78 is 0. The second kappa shape index (κ2) is 45.3. The van der Waals surface area contributed by atoms with E-state index in [1.807, 2.05) is 97.9 Å². The highest BCUT2D eigenvalue weighted by Crippen LogP contribution is 2.11. The lowest BCUT2D eigenvalue weighted by molar-refractivity contribution is -0.128. The van der Waals surface area contributed by atoms with Crippen LogP contribution in [0.25, 0.3) is 0 Å². The van der Waals surface area contributed by atoms with Gasteiger partial charge in [-0.3, -0.25) is 33.6 Å². The molecule has 292 valence electrons. The van der Waals surface area contributed by atoms with E-state index in [2.05, 4.69) is 53.8 Å². The molecule has 9 N–H and O–H groups in total. The fourth-order valence-corrected chi connectivity index (χ4v) is 2.91. The van der Waals surface area contributed by atoms with Gasteiger partial charge in [0.2, 0.25) is 30.0 Å². The fourth-order valence-electron chi connectivity index (χ4n) is 2.91. The van der Waals surface area contributed by atoms with Crippen LogP contribution in [0.2, 0.25) is 0 Å². The van der Waals surface area contributed by atoms with Gasteiger partial charge in [-0.15, -0.1) is 12.6 Å². The third-order valence-corrected chi connectivity index (χ3v) is 5.81. The highest BCUT2D eigenvalue weighted by Gasteiger charge is 2.17. The number of amides is 5. The van der Waals surface area contributed by atoms with Gasteiger partial charge in [-0.05, 0) is 44.7 Å². The van der Waals surface area contributed by atoms with Gasteiger partial charge in [-0.1, -0.05) is 115 Å². The molecule has 5 amide bonds. The number of hydrogen-bond acceptors (Lipinski definition) is 7. The van der Waals surface area contributed by atoms with Crippen LogP contribution in [-0.2, 0) is 33.6 Å². The van der Waals surface area contributed by atoms with E-state index in [0.29, 0.717) is 24.4 Å². The zero-order valence-corrected chi connectivity index (χ0v) is 33.1. The van der Waals surface area contributed by atoms with Crippen molar-refractivity contribution in [2.75, 3.05) is 5.32 Å². The van der Waals surface area contributed by atoms with E-state index in [1.54, 1.807) is 0 Å². The minimum absolute atomic E-state index is 0.0799. The second-order valence-corrected chi connectivity index (χ2v) is 10.5. The minimum Gasteiger partial charge on any atom is -0.483 e. The number of rotatable bonds is 10. The molecule has 0 aliphatic heterocycles. The first-order valence-corrected chi connectivity index (χ1v) is 17.1. The van der Waals surface area contributed by atoms with Crippen LogP contribution < -0.4 is 27.8 Å². The molecule has 0 spiro atoms. The van der Waals surface area contributed by atoms with Gasteiger partial charge in [0, 0.05) is 24.9 Å². The molecule has 0 saturated carbocycles. The summed E-state index contributed by atoms with van der Waals surface area (Å²) in [4.78, 5) is 68.8. The summed E-state index contributed by atoms with van der Waals surface area (Å²) in [5.74, 6) is -0.344. The number of hydrogen-bond donors (Lipinski definition) is 7. The molecule has 14 heteroatoms. The Morgan fingerprint density at radius 2 is 1.24 bits per heavy atom. The zero-order valence-electron chi connectivity index (χ0n) is 32.2. The predicted octanol–water partition coefficient (Wildman–Crippen LogP) is 5.59. The van der Waals surface area contributed by atoms with E-state index in [0.717, 1.165) is 24.9 Å². The molecular formula is C37H65N5O8S. The third-order valence-electron chi connectivity index (χ3n) is 5.81. The maximum Gasteiger partial charge on any atom is 0.290 e. The van der Waals surface area contributed by atoms with Crippen molar-refractivity contribution in [3.05, 3.63) is 65.7 Å². The number of primary amides is 3. The first kappa shape index (κ1) is 58.5. The van der Waals surface area contributed by atoms with Crippen LogP contribution in [0.4, 0.5) is 5.69 Å². The van der Waals surface area contributed by atoms with Gasteiger partial charge in [0.1, 0.15) is 6.04 Å². The molecule has 2 aromatic rings. The molecular weight excluding hydrogens is 675 g/mol. The van der Waals surface area contributed by atoms with Crippen molar-refractivity contribution in [1.29, 1.82) is 0 Å². The van der Waals surface area contributed by atoms with Crippen molar-refractivity contribution in [3.63, 3.8) is 0 Å². The van der Waals surface area contributed by atoms with Gasteiger partial charge in [0.05, 0.1) is 0 Å². The summed E-state index contributed by atoms with van der Waals surface area (Å²) in [6, 6.07) is 17.6. The Morgan fingerprint density at radius 1 is 0.843 bits per heavy atom. The first-order valence-electron chi connectivity index (χ1n) is 16.6. The largest absolute Gasteiger partial charge is 0.483 e. The summed E-state index contributed by atoms with van der Waals surface area (Å²) in [6.45, 7) is 19.1. The van der Waals surface area contributed by atoms with Crippen molar-refractivity contribution in [2.45, 2.75) is 107 Å². The molecule has 2 rings (SSSR count). The van der Waals surface area contributed by atoms with Gasteiger partial charge >= 0.3 is 0 Å². The maximum absolute atomic E-state index is 11.5. The normalized spacial score (nSPS) is 10.1. The molecule has 0 aliphatic carbocycles. The van der Waals surface area contributed by atoms with Crippen LogP contribution in [0.15, 0.2) is 54.6 Å². The van der Waals surface area contributed by atoms with Gasteiger partial charge in [0.25, 0.3) is 6.47 Å². The van der Waals surface area contributed by atoms with Crippen molar-refractivity contribution >= 4 is 60.4 Å². The molecule has 0 bridgehead atoms. The van der Waals surface area contributed by atoms with E-state index >= 15 is 0 Å². The Balaban J connectivity index is -0.000000128. The van der Waals surface area contributed by atoms with Crippen LogP contribution in [-0.4, -0.2) is 53.3 Å². The molecule has 0 heterocycles. The number of carbonyl (C=O) groups excluding carboxylic acids is 6. The zero-order chi connectivity index (χ0) is 41.2. The predicted molar refractivity (Wildman–Crippen MR) is 211 cm³/mol. The lowest BCUT2D eigenvalue weighted by atomic mass is 10.0. The molecule has 0 aliphatic rings. The number of carbonyl (C=O) groups is 7. The Bertz CT molecular complexity index is 1120. The molecule has 0 saturated heterocycles. The number of nitrogens with two attached hydrogens (primary N) is 3. The van der Waals surface area contributed by atoms with Crippen molar-refractivity contribution in [2.24, 2.45) is 29.0 Å². The van der Waals surface area contributed by atoms with Crippen molar-refractivity contribution < 1.29 is 38.7 Å². The van der Waals surface area contributed by atoms with Gasteiger partial charge in [0.15, 0.2) is 5.62 Å². The number of thiol groups is 1. The maximum atomic E-state index is 11.5. The van der Waals surface area contributed by atoms with Crippen LogP contribution in [0, 0.1) is 25.7 Å². The quantitative estimate of drug-likeness (QED) is 0.119. The van der Waals surface area contributed by atoms with Crippen LogP contribution >= 0.6 is 12.6 Å². The van der Waals surface area contributed by atoms with E-state index < -0.39 is 11.9 Å². The number of aryl methyl sites for hydroxylation is 2. The SMILES string of the molecule is CC.CC(N)=O.CCC(C)C(=O)Nc1ccc(C)cc1.CCCC(NC(=O)CC(C)CC)C(N)=O.Cc1ccccc1.NC=O.O=CO.O=CS. The fraction of sp³-hybridized carbons (Fsp3) is 0.486. The lowest BCUT2D eigenvalue weighted by Gasteiger charge is -2.15. The molecule has 0 radical (unpaired) electrons. The van der Waals surface area contributed by atoms with Crippen LogP contribution in [0.5, 0.6) is 0 Å². The number of anilines is 1. The summed E-state index contributed by atoms with van der Waals surface area (Å²) in [5, 5.41) is 12.4. The van der Waals surface area contributed by atoms with Crippen molar-refractivity contribution in [1.82, 2.24) is 5.32 Å². The van der Waals surface area contributed by atoms with Crippen molar-refractivity contribution in [3.8, 4) is 0 Å². The average molecular weight is 740 g/mol. The third kappa shape index (κ3) is 52.3. The average Bonchev–Trinajstić information content (AvgIpc) is 3.07. The molecule has 51 heavy (non-hydrogen) atoms. The summed E-state index contributed by atoms with van der Waals surface area (Å²) in [5.41, 5.74) is 17.7. The number of nitrogens with one attached hydrogen (secondary N) is 2. The Labute approximate surface area is 311 Å². The Kier molecular flexibility index (Phi) is 51.9. The molecule has 3 unspecified atom stereocenters. The van der Waals surface area contributed by atoms with Gasteiger partial charge < -0.3 is 32.9 Å². The number of benzene rings is 2. The molecule has 3 atom stereocenters. The minimum atomic E-state index is -0.508. The Morgan fingerprint density at radius 3 is 1.53 bits per heavy atom. The first-order chi connectivity index (χ1) is 24.0. The standard InChI is InChI=1S/C12H17NO.C11H22N2O2.C7H8.C2H5NO.C2H6.CH3NO.CH2O2.CH2OS/c1-4-10(3)12(14)13-11-7-5-9(2)6-8-11;1-4-6-9(11(12)15)13-10(14)7-8(3)5-2;1-7-5-3-2-4-6-7;1-2(3)4;1-2;3*2-1-3/h5-8,10H,4H2,1-3H3,(H,13,14);8-9H,4-7H2,1-3H3,(H2,12,15)(H,13,14);2-6H,1H3;1H3,(H2,3,4);1-2H3;1H,(H2,2,3);2*1H,(H,2,3). The summed E-state index contributed by atoms with van der Waals surface area (Å²) in [7, 11) is 0. The monoisotopic (exact) mass is 739 g/mol. The Hall–Kier alpha value is -4.72. The van der Waals surface area contributed by atoms with Gasteiger partial charge in [-0.2, -0.15) is 0 Å². The molecule has 0 fully saturated rings. The van der Waals surface area contributed by atoms with E-state index in [4.69, 9.17) is 25.2 Å². The second-order valence-electron chi connectivity index (χ2n) is 10.3. The molecule has 2 aromatic carbocycles. The van der Waals surface area contributed by atoms with Crippen LogP contribution in [0.1, 0.15) is 98.6 Å². The summed E-state index contributed by atoms with van der Waals surface area (Å²) in [6.07, 6.45) is 3.99. The topological polar surface area (TPSA) is 242 Å². The van der Waals surface area contributed by atoms with E-state index in [-0.39, 0.29) is 36.5 Å². The summed E-state index contributed by atoms with van der Waals surface area (Å²) >= 11 is 3.11. The van der Waals surface area contributed by atoms with E-state index in [1.165, 1.54) is 18.1 Å². The smallest absolute Gasteiger partial charge is 0.290 e. The van der Waals surface area contributed by atoms with Gasteiger partial charge in [-0.25, -0.2) is 0 Å².